The van der Waals surface area contributed by atoms with Crippen LogP contribution in [0.1, 0.15) is 22.3 Å². The molecular formula is C17H18O4S. The molecule has 22 heavy (non-hydrogen) atoms. The van der Waals surface area contributed by atoms with Crippen molar-refractivity contribution in [3.8, 4) is 5.75 Å². The van der Waals surface area contributed by atoms with Gasteiger partial charge in [-0.15, -0.1) is 0 Å². The molecule has 0 atom stereocenters. The second-order valence-corrected chi connectivity index (χ2v) is 6.42. The summed E-state index contributed by atoms with van der Waals surface area (Å²) in [6, 6.07) is 10.4. The molecule has 0 spiro atoms. The summed E-state index contributed by atoms with van der Waals surface area (Å²) in [5.74, 6) is 0.706. The monoisotopic (exact) mass is 318 g/mol. The van der Waals surface area contributed by atoms with Crippen LogP contribution >= 0.6 is 0 Å². The Hall–Kier alpha value is -2.11. The Morgan fingerprint density at radius 1 is 1.18 bits per heavy atom. The predicted octanol–water partition coefficient (Wildman–Crippen LogP) is 3.48. The van der Waals surface area contributed by atoms with E-state index in [1.165, 1.54) is 6.07 Å². The van der Waals surface area contributed by atoms with E-state index in [0.29, 0.717) is 17.7 Å². The fourth-order valence-electron chi connectivity index (χ4n) is 2.35. The molecule has 2 aromatic rings. The molecule has 0 radical (unpaired) electrons. The van der Waals surface area contributed by atoms with Gasteiger partial charge in [0, 0.05) is 0 Å². The first-order chi connectivity index (χ1) is 10.3. The molecule has 0 aliphatic rings. The highest BCUT2D eigenvalue weighted by molar-refractivity contribution is 7.85. The molecule has 116 valence electrons. The lowest BCUT2D eigenvalue weighted by Crippen LogP contribution is -2.05. The zero-order chi connectivity index (χ0) is 16.3. The van der Waals surface area contributed by atoms with Gasteiger partial charge in [-0.3, -0.25) is 4.55 Å². The Bertz CT molecular complexity index is 807. The highest BCUT2D eigenvalue weighted by atomic mass is 32.2. The molecule has 0 aromatic heterocycles. The topological polar surface area (TPSA) is 63.6 Å². The molecule has 0 amide bonds. The van der Waals surface area contributed by atoms with E-state index in [1.54, 1.807) is 25.3 Å². The molecule has 0 saturated heterocycles. The van der Waals surface area contributed by atoms with Crippen molar-refractivity contribution in [3.05, 3.63) is 65.2 Å². The van der Waals surface area contributed by atoms with Gasteiger partial charge in [-0.25, -0.2) is 0 Å². The lowest BCUT2D eigenvalue weighted by atomic mass is 9.98. The van der Waals surface area contributed by atoms with Crippen molar-refractivity contribution in [2.45, 2.75) is 18.2 Å². The molecule has 0 unspecified atom stereocenters. The minimum absolute atomic E-state index is 0.0658. The maximum absolute atomic E-state index is 11.5. The van der Waals surface area contributed by atoms with Gasteiger partial charge in [-0.05, 0) is 48.2 Å². The molecule has 5 heteroatoms. The Morgan fingerprint density at radius 3 is 2.50 bits per heavy atom. The molecule has 0 heterocycles. The Labute approximate surface area is 130 Å². The van der Waals surface area contributed by atoms with Gasteiger partial charge >= 0.3 is 0 Å². The molecule has 4 nitrogen and oxygen atoms in total. The number of hydrogen-bond donors (Lipinski definition) is 1. The number of ether oxygens (including phenoxy) is 1. The minimum Gasteiger partial charge on any atom is -0.497 e. The Balaban J connectivity index is 2.52. The van der Waals surface area contributed by atoms with E-state index in [9.17, 15) is 13.0 Å². The first-order valence-electron chi connectivity index (χ1n) is 6.71. The van der Waals surface area contributed by atoms with E-state index in [1.807, 2.05) is 25.1 Å². The molecule has 1 N–H and O–H groups in total. The smallest absolute Gasteiger partial charge is 0.294 e. The minimum atomic E-state index is -4.25. The summed E-state index contributed by atoms with van der Waals surface area (Å²) in [5.41, 5.74) is 3.25. The predicted molar refractivity (Wildman–Crippen MR) is 86.9 cm³/mol. The van der Waals surface area contributed by atoms with Crippen LogP contribution in [-0.4, -0.2) is 20.1 Å². The first kappa shape index (κ1) is 16.3. The normalized spacial score (nSPS) is 11.2. The maximum atomic E-state index is 11.5. The third-order valence-electron chi connectivity index (χ3n) is 3.45. The van der Waals surface area contributed by atoms with Gasteiger partial charge in [0.05, 0.1) is 12.0 Å². The average molecular weight is 318 g/mol. The molecule has 0 saturated carbocycles. The van der Waals surface area contributed by atoms with Crippen LogP contribution in [0.5, 0.6) is 5.75 Å². The van der Waals surface area contributed by atoms with E-state index < -0.39 is 10.1 Å². The van der Waals surface area contributed by atoms with Gasteiger partial charge in [0.1, 0.15) is 5.75 Å². The summed E-state index contributed by atoms with van der Waals surface area (Å²) in [4.78, 5) is -0.0658. The van der Waals surface area contributed by atoms with Crippen molar-refractivity contribution in [1.29, 1.82) is 0 Å². The number of aryl methyl sites for hydroxylation is 1. The van der Waals surface area contributed by atoms with Crippen LogP contribution in [0.15, 0.2) is 47.9 Å². The lowest BCUT2D eigenvalue weighted by molar-refractivity contribution is 0.414. The van der Waals surface area contributed by atoms with Crippen LogP contribution in [0.25, 0.3) is 6.08 Å². The summed E-state index contributed by atoms with van der Waals surface area (Å²) in [7, 11) is -2.67. The summed E-state index contributed by atoms with van der Waals surface area (Å²) >= 11 is 0. The summed E-state index contributed by atoms with van der Waals surface area (Å²) in [6.45, 7) is 5.65. The molecule has 0 bridgehead atoms. The van der Waals surface area contributed by atoms with Crippen molar-refractivity contribution in [2.24, 2.45) is 0 Å². The van der Waals surface area contributed by atoms with Crippen LogP contribution in [0.2, 0.25) is 0 Å². The SMILES string of the molecule is C=Cc1cc(OC)ccc1Cc1cc(C)ccc1S(=O)(=O)O. The van der Waals surface area contributed by atoms with E-state index >= 15 is 0 Å². The Morgan fingerprint density at radius 2 is 1.91 bits per heavy atom. The van der Waals surface area contributed by atoms with Gasteiger partial charge < -0.3 is 4.74 Å². The van der Waals surface area contributed by atoms with Gasteiger partial charge in [0.15, 0.2) is 0 Å². The fourth-order valence-corrected chi connectivity index (χ4v) is 3.06. The standard InChI is InChI=1S/C17H18O4S/c1-4-13-11-16(21-3)7-6-14(13)10-15-9-12(2)5-8-17(15)22(18,19)20/h4-9,11H,1,10H2,2-3H3,(H,18,19,20). The zero-order valence-corrected chi connectivity index (χ0v) is 13.4. The number of benzene rings is 2. The molecule has 0 fully saturated rings. The van der Waals surface area contributed by atoms with Crippen molar-refractivity contribution >= 4 is 16.2 Å². The third kappa shape index (κ3) is 3.55. The van der Waals surface area contributed by atoms with Crippen molar-refractivity contribution in [1.82, 2.24) is 0 Å². The summed E-state index contributed by atoms with van der Waals surface area (Å²) < 4.78 is 37.6. The van der Waals surface area contributed by atoms with Crippen LogP contribution in [-0.2, 0) is 16.5 Å². The van der Waals surface area contributed by atoms with E-state index in [2.05, 4.69) is 6.58 Å². The molecule has 0 aliphatic heterocycles. The fraction of sp³-hybridized carbons (Fsp3) is 0.176. The maximum Gasteiger partial charge on any atom is 0.294 e. The molecule has 2 aromatic carbocycles. The second kappa shape index (κ2) is 6.34. The van der Waals surface area contributed by atoms with Crippen LogP contribution in [0, 0.1) is 6.92 Å². The molecule has 0 aliphatic carbocycles. The first-order valence-corrected chi connectivity index (χ1v) is 8.15. The van der Waals surface area contributed by atoms with Crippen LogP contribution in [0.4, 0.5) is 0 Å². The highest BCUT2D eigenvalue weighted by Gasteiger charge is 2.16. The van der Waals surface area contributed by atoms with Crippen molar-refractivity contribution in [3.63, 3.8) is 0 Å². The number of rotatable bonds is 5. The zero-order valence-electron chi connectivity index (χ0n) is 12.5. The Kier molecular flexibility index (Phi) is 4.68. The van der Waals surface area contributed by atoms with Gasteiger partial charge in [0.2, 0.25) is 0 Å². The second-order valence-electron chi connectivity index (χ2n) is 5.03. The van der Waals surface area contributed by atoms with Crippen molar-refractivity contribution in [2.75, 3.05) is 7.11 Å². The van der Waals surface area contributed by atoms with Crippen LogP contribution in [0.3, 0.4) is 0 Å². The van der Waals surface area contributed by atoms with Crippen molar-refractivity contribution < 1.29 is 17.7 Å². The highest BCUT2D eigenvalue weighted by Crippen LogP contribution is 2.25. The largest absolute Gasteiger partial charge is 0.497 e. The van der Waals surface area contributed by atoms with E-state index in [-0.39, 0.29) is 4.90 Å². The third-order valence-corrected chi connectivity index (χ3v) is 4.40. The van der Waals surface area contributed by atoms with E-state index in [4.69, 9.17) is 4.74 Å². The molecule has 2 rings (SSSR count). The van der Waals surface area contributed by atoms with E-state index in [0.717, 1.165) is 16.7 Å². The van der Waals surface area contributed by atoms with Crippen LogP contribution < -0.4 is 4.74 Å². The van der Waals surface area contributed by atoms with Gasteiger partial charge in [0.25, 0.3) is 10.1 Å². The summed E-state index contributed by atoms with van der Waals surface area (Å²) in [6.07, 6.45) is 2.07. The average Bonchev–Trinajstić information content (AvgIpc) is 2.46. The van der Waals surface area contributed by atoms with Gasteiger partial charge in [-0.2, -0.15) is 8.42 Å². The quantitative estimate of drug-likeness (QED) is 0.857. The molecular weight excluding hydrogens is 300 g/mol. The summed E-state index contributed by atoms with van der Waals surface area (Å²) in [5, 5.41) is 0. The number of methoxy groups -OCH3 is 1. The number of hydrogen-bond acceptors (Lipinski definition) is 3. The van der Waals surface area contributed by atoms with Gasteiger partial charge in [-0.1, -0.05) is 36.4 Å². The lowest BCUT2D eigenvalue weighted by Gasteiger charge is -2.12.